The Kier molecular flexibility index (Phi) is 14.2. The molecule has 0 aromatic carbocycles. The zero-order valence-electron chi connectivity index (χ0n) is 33.1. The summed E-state index contributed by atoms with van der Waals surface area (Å²) in [6.07, 6.45) is 30.4. The number of methoxy groups -OCH3 is 1. The first kappa shape index (κ1) is 39.4. The van der Waals surface area contributed by atoms with E-state index in [2.05, 4.69) is 74.5 Å². The zero-order valence-corrected chi connectivity index (χ0v) is 33.1. The number of allylic oxidation sites excluding steroid dienone is 4. The van der Waals surface area contributed by atoms with Gasteiger partial charge in [0.25, 0.3) is 0 Å². The van der Waals surface area contributed by atoms with E-state index in [1.807, 2.05) is 12.2 Å². The molecule has 4 aliphatic carbocycles. The Morgan fingerprint density at radius 2 is 1.77 bits per heavy atom. The van der Waals surface area contributed by atoms with Crippen LogP contribution in [0.25, 0.3) is 0 Å². The summed E-state index contributed by atoms with van der Waals surface area (Å²) >= 11 is 0. The summed E-state index contributed by atoms with van der Waals surface area (Å²) in [5.74, 6) is 6.36. The molecule has 3 nitrogen and oxygen atoms in total. The molecule has 0 radical (unpaired) electrons. The smallest absolute Gasteiger partial charge is 0.331 e. The molecule has 1 unspecified atom stereocenters. The average Bonchev–Trinajstić information content (AvgIpc) is 3.29. The van der Waals surface area contributed by atoms with E-state index >= 15 is 0 Å². The lowest BCUT2D eigenvalue weighted by atomic mass is 9.52. The highest BCUT2D eigenvalue weighted by Crippen LogP contribution is 2.65. The Bertz CT molecular complexity index is 1110. The van der Waals surface area contributed by atoms with Crippen molar-refractivity contribution in [2.24, 2.45) is 58.2 Å². The number of hydrogen-bond acceptors (Lipinski definition) is 3. The van der Waals surface area contributed by atoms with Gasteiger partial charge >= 0.3 is 5.97 Å². The second-order valence-electron chi connectivity index (χ2n) is 18.6. The molecule has 0 aromatic rings. The van der Waals surface area contributed by atoms with Crippen molar-refractivity contribution in [2.75, 3.05) is 7.11 Å². The van der Waals surface area contributed by atoms with Crippen LogP contribution in [0.3, 0.4) is 0 Å². The normalized spacial score (nSPS) is 34.3. The molecule has 10 atom stereocenters. The molecule has 4 rings (SSSR count). The highest BCUT2D eigenvalue weighted by molar-refractivity contribution is 5.82. The van der Waals surface area contributed by atoms with Gasteiger partial charge in [-0.25, -0.2) is 4.79 Å². The van der Waals surface area contributed by atoms with Gasteiger partial charge in [0.1, 0.15) is 6.10 Å². The highest BCUT2D eigenvalue weighted by atomic mass is 16.5. The van der Waals surface area contributed by atoms with Crippen LogP contribution in [0.5, 0.6) is 0 Å². The maximum Gasteiger partial charge on any atom is 0.331 e. The van der Waals surface area contributed by atoms with Crippen molar-refractivity contribution in [1.29, 1.82) is 0 Å². The van der Waals surface area contributed by atoms with E-state index in [1.54, 1.807) is 18.8 Å². The number of rotatable bonds is 16. The lowest BCUT2D eigenvalue weighted by Gasteiger charge is -2.53. The molecular formula is C45H76O3. The molecule has 48 heavy (non-hydrogen) atoms. The fraction of sp³-hybridized carbons (Fsp3) is 0.844. The van der Waals surface area contributed by atoms with Gasteiger partial charge in [-0.2, -0.15) is 0 Å². The van der Waals surface area contributed by atoms with E-state index in [9.17, 15) is 4.79 Å². The maximum atomic E-state index is 12.8. The van der Waals surface area contributed by atoms with Crippen LogP contribution >= 0.6 is 0 Å². The van der Waals surface area contributed by atoms with Crippen LogP contribution in [0.1, 0.15) is 165 Å². The molecule has 3 saturated carbocycles. The highest BCUT2D eigenvalue weighted by Gasteiger charge is 2.57. The van der Waals surface area contributed by atoms with Gasteiger partial charge in [-0.1, -0.05) is 110 Å². The van der Waals surface area contributed by atoms with E-state index in [0.29, 0.717) is 11.3 Å². The predicted molar refractivity (Wildman–Crippen MR) is 204 cm³/mol. The maximum absolute atomic E-state index is 12.8. The fourth-order valence-corrected chi connectivity index (χ4v) is 11.5. The lowest BCUT2D eigenvalue weighted by molar-refractivity contribution is -0.145. The third-order valence-corrected chi connectivity index (χ3v) is 14.8. The van der Waals surface area contributed by atoms with Gasteiger partial charge in [-0.15, -0.1) is 0 Å². The second-order valence-corrected chi connectivity index (χ2v) is 18.6. The molecule has 274 valence electrons. The first-order chi connectivity index (χ1) is 22.7. The third-order valence-electron chi connectivity index (χ3n) is 14.8. The van der Waals surface area contributed by atoms with E-state index in [0.717, 1.165) is 73.5 Å². The van der Waals surface area contributed by atoms with Crippen LogP contribution in [0.2, 0.25) is 0 Å². The number of carbonyl (C=O) groups is 1. The summed E-state index contributed by atoms with van der Waals surface area (Å²) in [7, 11) is 1.80. The Hall–Kier alpha value is -1.35. The van der Waals surface area contributed by atoms with Crippen molar-refractivity contribution in [3.05, 3.63) is 36.0 Å². The van der Waals surface area contributed by atoms with Gasteiger partial charge in [-0.05, 0) is 136 Å². The predicted octanol–water partition coefficient (Wildman–Crippen LogP) is 12.7. The van der Waals surface area contributed by atoms with Crippen LogP contribution in [0.4, 0.5) is 0 Å². The molecule has 0 amide bonds. The Morgan fingerprint density at radius 1 is 1.00 bits per heavy atom. The van der Waals surface area contributed by atoms with Gasteiger partial charge in [0.2, 0.25) is 0 Å². The molecule has 0 aromatic heterocycles. The molecule has 0 spiro atoms. The summed E-state index contributed by atoms with van der Waals surface area (Å²) < 4.78 is 11.6. The molecule has 0 saturated heterocycles. The number of ether oxygens (including phenoxy) is 2. The summed E-state index contributed by atoms with van der Waals surface area (Å²) in [5.41, 5.74) is 2.35. The van der Waals surface area contributed by atoms with Gasteiger partial charge in [0.15, 0.2) is 0 Å². The lowest BCUT2D eigenvalue weighted by Crippen LogP contribution is -2.45. The Balaban J connectivity index is 1.28. The minimum absolute atomic E-state index is 0.0175. The molecule has 0 bridgehead atoms. The SMILES string of the molecule is CC[C@H](CC[C@@H](C)[C@H]1CC[C@H]2[C@@H]3CC=C4CC(OC(=O)/C=C/C=C/C[C@@H](C)CCCC(C)(C)OC)CC[C@]4(C)[C@H]3CCC[C@]12C)C(C)C. The van der Waals surface area contributed by atoms with E-state index in [4.69, 9.17) is 9.47 Å². The molecule has 3 fully saturated rings. The topological polar surface area (TPSA) is 35.5 Å². The number of carbonyl (C=O) groups excluding carboxylic acids is 1. The van der Waals surface area contributed by atoms with Crippen LogP contribution in [-0.4, -0.2) is 24.8 Å². The van der Waals surface area contributed by atoms with Crippen LogP contribution in [0, 0.1) is 58.2 Å². The summed E-state index contributed by atoms with van der Waals surface area (Å²) in [4.78, 5) is 12.8. The quantitative estimate of drug-likeness (QED) is 0.0713. The fourth-order valence-electron chi connectivity index (χ4n) is 11.5. The minimum atomic E-state index is -0.188. The summed E-state index contributed by atoms with van der Waals surface area (Å²) in [6.45, 7) is 21.8. The Labute approximate surface area is 297 Å². The van der Waals surface area contributed by atoms with Crippen molar-refractivity contribution in [3.63, 3.8) is 0 Å². The van der Waals surface area contributed by atoms with E-state index in [-0.39, 0.29) is 23.1 Å². The zero-order chi connectivity index (χ0) is 35.1. The van der Waals surface area contributed by atoms with Gasteiger partial charge in [0, 0.05) is 19.6 Å². The van der Waals surface area contributed by atoms with Crippen molar-refractivity contribution >= 4 is 5.97 Å². The first-order valence-corrected chi connectivity index (χ1v) is 20.5. The molecule has 4 aliphatic rings. The van der Waals surface area contributed by atoms with Crippen LogP contribution in [-0.2, 0) is 14.3 Å². The molecule has 0 N–H and O–H groups in total. The molecule has 3 heteroatoms. The van der Waals surface area contributed by atoms with Gasteiger partial charge in [0.05, 0.1) is 5.60 Å². The van der Waals surface area contributed by atoms with Gasteiger partial charge < -0.3 is 9.47 Å². The first-order valence-electron chi connectivity index (χ1n) is 20.5. The van der Waals surface area contributed by atoms with Crippen LogP contribution < -0.4 is 0 Å². The minimum Gasteiger partial charge on any atom is -0.459 e. The summed E-state index contributed by atoms with van der Waals surface area (Å²) in [6, 6.07) is 0. The molecular weight excluding hydrogens is 588 g/mol. The van der Waals surface area contributed by atoms with E-state index in [1.165, 1.54) is 70.6 Å². The van der Waals surface area contributed by atoms with Crippen molar-refractivity contribution in [3.8, 4) is 0 Å². The molecule has 0 heterocycles. The van der Waals surface area contributed by atoms with Gasteiger partial charge in [-0.3, -0.25) is 0 Å². The summed E-state index contributed by atoms with van der Waals surface area (Å²) in [5, 5.41) is 0. The molecule has 0 aliphatic heterocycles. The van der Waals surface area contributed by atoms with Crippen molar-refractivity contribution in [1.82, 2.24) is 0 Å². The monoisotopic (exact) mass is 665 g/mol. The third kappa shape index (κ3) is 9.50. The standard InChI is InChI=1S/C45H76O3/c1-11-35(32(2)3)22-21-34(5)39-25-26-41-38-24-23-36-31-37(27-30-44(36,8)40(38)19-16-29-45(39,41)9)48-42(46)20-14-12-13-17-33(4)18-15-28-43(6,7)47-10/h12-14,20,23,32-35,37-41H,11,15-19,21-22,24-31H2,1-10H3/b13-12+,20-14+/t33-,34-,35-,37?,38-,39-,40+,41+,44+,45-/m1/s1. The Morgan fingerprint density at radius 3 is 2.48 bits per heavy atom. The average molecular weight is 665 g/mol. The number of esters is 1. The van der Waals surface area contributed by atoms with E-state index < -0.39 is 0 Å². The van der Waals surface area contributed by atoms with Crippen molar-refractivity contribution in [2.45, 2.75) is 177 Å². The number of fused-ring (bicyclic) bond motifs is 5. The van der Waals surface area contributed by atoms with Crippen molar-refractivity contribution < 1.29 is 14.3 Å². The van der Waals surface area contributed by atoms with Crippen LogP contribution in [0.15, 0.2) is 36.0 Å². The largest absolute Gasteiger partial charge is 0.459 e. The second kappa shape index (κ2) is 17.2. The number of hydrogen-bond donors (Lipinski definition) is 0.